The second kappa shape index (κ2) is 4.48. The van der Waals surface area contributed by atoms with Crippen LogP contribution in [0.5, 0.6) is 11.5 Å². The lowest BCUT2D eigenvalue weighted by Gasteiger charge is -2.17. The number of benzene rings is 1. The number of hydrogen-bond donors (Lipinski definition) is 0. The van der Waals surface area contributed by atoms with Crippen molar-refractivity contribution in [1.82, 2.24) is 0 Å². The van der Waals surface area contributed by atoms with E-state index in [1.54, 1.807) is 12.1 Å². The Labute approximate surface area is 125 Å². The quantitative estimate of drug-likeness (QED) is 0.759. The van der Waals surface area contributed by atoms with Crippen molar-refractivity contribution in [3.05, 3.63) is 34.4 Å². The number of rotatable bonds is 2. The molecule has 0 amide bonds. The van der Waals surface area contributed by atoms with E-state index in [-0.39, 0.29) is 17.9 Å². The minimum atomic E-state index is -0.656. The molecule has 7 nitrogen and oxygen atoms in total. The van der Waals surface area contributed by atoms with Crippen LogP contribution >= 0.6 is 0 Å². The maximum absolute atomic E-state index is 12.1. The summed E-state index contributed by atoms with van der Waals surface area (Å²) in [5, 5.41) is 0. The Hall–Kier alpha value is -2.54. The second-order valence-corrected chi connectivity index (χ2v) is 5.04. The highest BCUT2D eigenvalue weighted by atomic mass is 16.7. The lowest BCUT2D eigenvalue weighted by Crippen LogP contribution is -2.19. The van der Waals surface area contributed by atoms with Gasteiger partial charge in [0.1, 0.15) is 12.2 Å². The van der Waals surface area contributed by atoms with Gasteiger partial charge in [-0.3, -0.25) is 0 Å². The van der Waals surface area contributed by atoms with Gasteiger partial charge in [-0.2, -0.15) is 0 Å². The molecule has 3 aliphatic heterocycles. The Morgan fingerprint density at radius 3 is 1.82 bits per heavy atom. The fourth-order valence-electron chi connectivity index (χ4n) is 3.09. The molecular weight excluding hydrogens is 292 g/mol. The van der Waals surface area contributed by atoms with Crippen molar-refractivity contribution in [2.24, 2.45) is 0 Å². The summed E-state index contributed by atoms with van der Waals surface area (Å²) in [6.45, 7) is 0.148. The second-order valence-electron chi connectivity index (χ2n) is 5.04. The first-order valence-electron chi connectivity index (χ1n) is 6.65. The smallest absolute Gasteiger partial charge is 0.337 e. The first-order valence-corrected chi connectivity index (χ1v) is 6.65. The van der Waals surface area contributed by atoms with E-state index in [0.717, 1.165) is 11.1 Å². The van der Waals surface area contributed by atoms with Crippen LogP contribution in [0.1, 0.15) is 23.3 Å². The van der Waals surface area contributed by atoms with E-state index in [0.29, 0.717) is 11.5 Å². The standard InChI is InChI=1S/C15H12O7/c1-18-14(16)10-11(15(17)19-2)13-7-4-9-8(20-5-21-9)3-6(7)12(10)22-13/h3-4,12-13H,5H2,1-2H3. The Balaban J connectivity index is 1.87. The van der Waals surface area contributed by atoms with Crippen LogP contribution in [0.3, 0.4) is 0 Å². The molecule has 1 aromatic carbocycles. The van der Waals surface area contributed by atoms with Gasteiger partial charge in [0.05, 0.1) is 25.4 Å². The molecule has 2 bridgehead atoms. The van der Waals surface area contributed by atoms with Gasteiger partial charge in [0, 0.05) is 0 Å². The van der Waals surface area contributed by atoms with Gasteiger partial charge in [-0.15, -0.1) is 0 Å². The molecule has 2 unspecified atom stereocenters. The van der Waals surface area contributed by atoms with E-state index in [4.69, 9.17) is 23.7 Å². The molecule has 22 heavy (non-hydrogen) atoms. The summed E-state index contributed by atoms with van der Waals surface area (Å²) in [6, 6.07) is 3.55. The van der Waals surface area contributed by atoms with Crippen LogP contribution in [0.4, 0.5) is 0 Å². The van der Waals surface area contributed by atoms with Gasteiger partial charge in [-0.05, 0) is 23.3 Å². The minimum Gasteiger partial charge on any atom is -0.466 e. The Morgan fingerprint density at radius 1 is 0.955 bits per heavy atom. The van der Waals surface area contributed by atoms with Crippen molar-refractivity contribution in [3.63, 3.8) is 0 Å². The maximum Gasteiger partial charge on any atom is 0.337 e. The SMILES string of the molecule is COC(=O)C1=C(C(=O)OC)C2OC1c1cc3c(cc12)OCO3. The van der Waals surface area contributed by atoms with Crippen LogP contribution < -0.4 is 9.47 Å². The lowest BCUT2D eigenvalue weighted by molar-refractivity contribution is -0.139. The number of hydrogen-bond acceptors (Lipinski definition) is 7. The molecule has 0 saturated heterocycles. The molecule has 114 valence electrons. The molecule has 4 rings (SSSR count). The summed E-state index contributed by atoms with van der Waals surface area (Å²) in [5.41, 5.74) is 1.93. The maximum atomic E-state index is 12.1. The van der Waals surface area contributed by atoms with Gasteiger partial charge < -0.3 is 23.7 Å². The van der Waals surface area contributed by atoms with Gasteiger partial charge in [-0.1, -0.05) is 0 Å². The molecule has 0 radical (unpaired) electrons. The summed E-state index contributed by atoms with van der Waals surface area (Å²) in [4.78, 5) is 24.1. The zero-order chi connectivity index (χ0) is 15.4. The van der Waals surface area contributed by atoms with Gasteiger partial charge >= 0.3 is 11.9 Å². The normalized spacial score (nSPS) is 23.5. The average Bonchev–Trinajstić information content (AvgIpc) is 3.23. The highest BCUT2D eigenvalue weighted by Gasteiger charge is 2.51. The molecule has 3 aliphatic rings. The zero-order valence-corrected chi connectivity index (χ0v) is 11.9. The molecule has 7 heteroatoms. The van der Waals surface area contributed by atoms with Crippen molar-refractivity contribution in [2.75, 3.05) is 21.0 Å². The topological polar surface area (TPSA) is 80.3 Å². The molecular formula is C15H12O7. The zero-order valence-electron chi connectivity index (χ0n) is 11.9. The third-order valence-electron chi connectivity index (χ3n) is 4.04. The van der Waals surface area contributed by atoms with E-state index in [9.17, 15) is 9.59 Å². The van der Waals surface area contributed by atoms with E-state index >= 15 is 0 Å². The summed E-state index contributed by atoms with van der Waals surface area (Å²) in [7, 11) is 2.52. The van der Waals surface area contributed by atoms with Gasteiger partial charge in [-0.25, -0.2) is 9.59 Å². The lowest BCUT2D eigenvalue weighted by atomic mass is 9.85. The van der Waals surface area contributed by atoms with Gasteiger partial charge in [0.2, 0.25) is 6.79 Å². The monoisotopic (exact) mass is 304 g/mol. The minimum absolute atomic E-state index is 0.148. The number of esters is 2. The summed E-state index contributed by atoms with van der Waals surface area (Å²) in [5.74, 6) is -0.00935. The van der Waals surface area contributed by atoms with E-state index in [1.807, 2.05) is 0 Å². The fraction of sp³-hybridized carbons (Fsp3) is 0.333. The number of fused-ring (bicyclic) bond motifs is 6. The number of carbonyl (C=O) groups excluding carboxylic acids is 2. The third-order valence-corrected chi connectivity index (χ3v) is 4.04. The van der Waals surface area contributed by atoms with Gasteiger partial charge in [0.25, 0.3) is 0 Å². The highest BCUT2D eigenvalue weighted by molar-refractivity contribution is 6.04. The molecule has 0 spiro atoms. The fourth-order valence-corrected chi connectivity index (χ4v) is 3.09. The predicted octanol–water partition coefficient (Wildman–Crippen LogP) is 1.18. The number of methoxy groups -OCH3 is 2. The Morgan fingerprint density at radius 2 is 1.41 bits per heavy atom. The first-order chi connectivity index (χ1) is 10.7. The van der Waals surface area contributed by atoms with Crippen molar-refractivity contribution >= 4 is 11.9 Å². The van der Waals surface area contributed by atoms with Crippen LogP contribution in [-0.4, -0.2) is 33.0 Å². The van der Waals surface area contributed by atoms with Crippen molar-refractivity contribution in [1.29, 1.82) is 0 Å². The van der Waals surface area contributed by atoms with E-state index in [2.05, 4.69) is 0 Å². The number of ether oxygens (including phenoxy) is 5. The summed E-state index contributed by atoms with van der Waals surface area (Å²) >= 11 is 0. The molecule has 0 N–H and O–H groups in total. The molecule has 0 saturated carbocycles. The largest absolute Gasteiger partial charge is 0.466 e. The third kappa shape index (κ3) is 1.54. The van der Waals surface area contributed by atoms with Crippen LogP contribution in [-0.2, 0) is 23.8 Å². The van der Waals surface area contributed by atoms with Crippen molar-refractivity contribution in [2.45, 2.75) is 12.2 Å². The van der Waals surface area contributed by atoms with Crippen molar-refractivity contribution in [3.8, 4) is 11.5 Å². The van der Waals surface area contributed by atoms with Crippen LogP contribution in [0.2, 0.25) is 0 Å². The number of carbonyl (C=O) groups is 2. The van der Waals surface area contributed by atoms with E-state index < -0.39 is 24.1 Å². The molecule has 0 aromatic heterocycles. The molecule has 0 fully saturated rings. The van der Waals surface area contributed by atoms with Crippen molar-refractivity contribution < 1.29 is 33.3 Å². The van der Waals surface area contributed by atoms with E-state index in [1.165, 1.54) is 14.2 Å². The van der Waals surface area contributed by atoms with Crippen LogP contribution in [0, 0.1) is 0 Å². The molecule has 3 heterocycles. The first kappa shape index (κ1) is 13.1. The molecule has 1 aromatic rings. The summed E-state index contributed by atoms with van der Waals surface area (Å²) < 4.78 is 26.1. The Bertz CT molecular complexity index is 675. The van der Waals surface area contributed by atoms with Crippen LogP contribution in [0.15, 0.2) is 23.3 Å². The summed E-state index contributed by atoms with van der Waals surface area (Å²) in [6.07, 6.45) is -1.31. The van der Waals surface area contributed by atoms with Crippen LogP contribution in [0.25, 0.3) is 0 Å². The molecule has 0 aliphatic carbocycles. The predicted molar refractivity (Wildman–Crippen MR) is 70.2 cm³/mol. The van der Waals surface area contributed by atoms with Gasteiger partial charge in [0.15, 0.2) is 11.5 Å². The average molecular weight is 304 g/mol. The molecule has 2 atom stereocenters. The highest BCUT2D eigenvalue weighted by Crippen LogP contribution is 2.56. The Kier molecular flexibility index (Phi) is 2.67.